The Morgan fingerprint density at radius 1 is 1.23 bits per heavy atom. The molecule has 0 aromatic rings. The van der Waals surface area contributed by atoms with Gasteiger partial charge in [0.25, 0.3) is 0 Å². The lowest BCUT2D eigenvalue weighted by molar-refractivity contribution is -0.130. The quantitative estimate of drug-likeness (QED) is 0.615. The van der Waals surface area contributed by atoms with Gasteiger partial charge in [0.05, 0.1) is 0 Å². The lowest BCUT2D eigenvalue weighted by Crippen LogP contribution is -2.34. The van der Waals surface area contributed by atoms with Crippen molar-refractivity contribution >= 4 is 5.91 Å². The van der Waals surface area contributed by atoms with Gasteiger partial charge in [0.2, 0.25) is 5.91 Å². The maximum absolute atomic E-state index is 11.4. The largest absolute Gasteiger partial charge is 0.344 e. The molecule has 1 amide bonds. The van der Waals surface area contributed by atoms with Crippen LogP contribution in [0.2, 0.25) is 0 Å². The predicted octanol–water partition coefficient (Wildman–Crippen LogP) is -0.384. The van der Waals surface area contributed by atoms with E-state index < -0.39 is 0 Å². The van der Waals surface area contributed by atoms with E-state index in [9.17, 15) is 4.79 Å². The molecule has 0 saturated carbocycles. The van der Waals surface area contributed by atoms with Crippen LogP contribution in [0.1, 0.15) is 6.42 Å². The molecule has 78 valence electrons. The van der Waals surface area contributed by atoms with Crippen LogP contribution in [0.15, 0.2) is 0 Å². The molecule has 0 aromatic heterocycles. The Morgan fingerprint density at radius 2 is 1.85 bits per heavy atom. The number of carbonyl (C=O) groups is 1. The minimum atomic E-state index is 0.212. The Hall–Kier alpha value is -0.610. The third-order valence-electron chi connectivity index (χ3n) is 1.90. The van der Waals surface area contributed by atoms with Crippen molar-refractivity contribution in [3.63, 3.8) is 0 Å². The first kappa shape index (κ1) is 12.4. The molecule has 1 N–H and O–H groups in total. The average Bonchev–Trinajstić information content (AvgIpc) is 2.10. The summed E-state index contributed by atoms with van der Waals surface area (Å²) in [4.78, 5) is 15.2. The van der Waals surface area contributed by atoms with Gasteiger partial charge in [-0.2, -0.15) is 0 Å². The van der Waals surface area contributed by atoms with Crippen molar-refractivity contribution in [2.75, 3.05) is 47.8 Å². The molecule has 4 heteroatoms. The Bertz CT molecular complexity index is 148. The van der Waals surface area contributed by atoms with Gasteiger partial charge < -0.3 is 15.1 Å². The first-order valence-corrected chi connectivity index (χ1v) is 4.61. The van der Waals surface area contributed by atoms with Gasteiger partial charge in [-0.05, 0) is 21.1 Å². The zero-order valence-corrected chi connectivity index (χ0v) is 9.13. The summed E-state index contributed by atoms with van der Waals surface area (Å²) < 4.78 is 0. The van der Waals surface area contributed by atoms with Gasteiger partial charge in [0, 0.05) is 33.1 Å². The van der Waals surface area contributed by atoms with Crippen molar-refractivity contribution in [3.8, 4) is 0 Å². The van der Waals surface area contributed by atoms with Crippen molar-refractivity contribution in [2.45, 2.75) is 6.42 Å². The smallest absolute Gasteiger partial charge is 0.223 e. The zero-order valence-electron chi connectivity index (χ0n) is 9.13. The van der Waals surface area contributed by atoms with Crippen LogP contribution in [0.4, 0.5) is 0 Å². The number of rotatable bonds is 6. The lowest BCUT2D eigenvalue weighted by atomic mass is 10.3. The summed E-state index contributed by atoms with van der Waals surface area (Å²) in [6.45, 7) is 2.45. The third kappa shape index (κ3) is 6.54. The molecule has 0 heterocycles. The summed E-state index contributed by atoms with van der Waals surface area (Å²) in [7, 11) is 7.68. The number of nitrogens with zero attached hydrogens (tertiary/aromatic N) is 2. The van der Waals surface area contributed by atoms with Crippen molar-refractivity contribution < 1.29 is 4.79 Å². The summed E-state index contributed by atoms with van der Waals surface area (Å²) in [5.41, 5.74) is 0. The molecule has 0 aliphatic carbocycles. The minimum absolute atomic E-state index is 0.212. The molecule has 0 aliphatic rings. The Morgan fingerprint density at radius 3 is 2.31 bits per heavy atom. The zero-order chi connectivity index (χ0) is 10.3. The molecule has 0 saturated heterocycles. The van der Waals surface area contributed by atoms with Crippen LogP contribution >= 0.6 is 0 Å². The van der Waals surface area contributed by atoms with E-state index in [-0.39, 0.29) is 5.91 Å². The molecule has 4 nitrogen and oxygen atoms in total. The number of likely N-dealkylation sites (N-methyl/N-ethyl adjacent to an activating group) is 2. The van der Waals surface area contributed by atoms with Crippen LogP contribution in [-0.2, 0) is 4.79 Å². The van der Waals surface area contributed by atoms with Gasteiger partial charge in [-0.1, -0.05) is 0 Å². The normalized spacial score (nSPS) is 10.5. The molecule has 0 unspecified atom stereocenters. The molecule has 0 bridgehead atoms. The van der Waals surface area contributed by atoms with E-state index >= 15 is 0 Å². The Balaban J connectivity index is 3.57. The summed E-state index contributed by atoms with van der Waals surface area (Å²) in [5, 5.41) is 3.01. The highest BCUT2D eigenvalue weighted by Crippen LogP contribution is 1.91. The van der Waals surface area contributed by atoms with Crippen molar-refractivity contribution in [3.05, 3.63) is 0 Å². The lowest BCUT2D eigenvalue weighted by Gasteiger charge is -2.18. The fourth-order valence-electron chi connectivity index (χ4n) is 0.914. The summed E-state index contributed by atoms with van der Waals surface area (Å²) in [6.07, 6.45) is 0.604. The van der Waals surface area contributed by atoms with E-state index in [1.54, 1.807) is 4.90 Å². The van der Waals surface area contributed by atoms with Crippen LogP contribution < -0.4 is 5.32 Å². The molecule has 0 fully saturated rings. The number of hydrogen-bond acceptors (Lipinski definition) is 3. The standard InChI is InChI=1S/C9H21N3O/c1-10-6-8-12(4)9(13)5-7-11(2)3/h10H,5-8H2,1-4H3. The molecule has 0 rings (SSSR count). The highest BCUT2D eigenvalue weighted by atomic mass is 16.2. The van der Waals surface area contributed by atoms with Crippen LogP contribution in [0, 0.1) is 0 Å². The maximum atomic E-state index is 11.4. The maximum Gasteiger partial charge on any atom is 0.223 e. The summed E-state index contributed by atoms with van der Waals surface area (Å²) >= 11 is 0. The van der Waals surface area contributed by atoms with Crippen molar-refractivity contribution in [1.82, 2.24) is 15.1 Å². The molecule has 0 aromatic carbocycles. The highest BCUT2D eigenvalue weighted by molar-refractivity contribution is 5.76. The van der Waals surface area contributed by atoms with Crippen molar-refractivity contribution in [2.24, 2.45) is 0 Å². The molecular formula is C9H21N3O. The summed E-state index contributed by atoms with van der Waals surface area (Å²) in [6, 6.07) is 0. The Labute approximate surface area is 80.9 Å². The van der Waals surface area contributed by atoms with Crippen LogP contribution in [0.3, 0.4) is 0 Å². The topological polar surface area (TPSA) is 35.6 Å². The van der Waals surface area contributed by atoms with E-state index in [4.69, 9.17) is 0 Å². The molecule has 0 radical (unpaired) electrons. The second-order valence-electron chi connectivity index (χ2n) is 3.47. The van der Waals surface area contributed by atoms with Gasteiger partial charge in [0.1, 0.15) is 0 Å². The predicted molar refractivity (Wildman–Crippen MR) is 54.7 cm³/mol. The van der Waals surface area contributed by atoms with Crippen LogP contribution in [-0.4, -0.2) is 63.5 Å². The fourth-order valence-corrected chi connectivity index (χ4v) is 0.914. The van der Waals surface area contributed by atoms with Gasteiger partial charge in [-0.25, -0.2) is 0 Å². The monoisotopic (exact) mass is 187 g/mol. The van der Waals surface area contributed by atoms with E-state index in [2.05, 4.69) is 5.32 Å². The number of carbonyl (C=O) groups excluding carboxylic acids is 1. The molecule has 13 heavy (non-hydrogen) atoms. The third-order valence-corrected chi connectivity index (χ3v) is 1.90. The molecule has 0 spiro atoms. The Kier molecular flexibility index (Phi) is 6.54. The second-order valence-corrected chi connectivity index (χ2v) is 3.47. The first-order valence-electron chi connectivity index (χ1n) is 4.61. The fraction of sp³-hybridized carbons (Fsp3) is 0.889. The van der Waals surface area contributed by atoms with Crippen LogP contribution in [0.25, 0.3) is 0 Å². The minimum Gasteiger partial charge on any atom is -0.344 e. The van der Waals surface area contributed by atoms with Gasteiger partial charge in [0.15, 0.2) is 0 Å². The van der Waals surface area contributed by atoms with Crippen LogP contribution in [0.5, 0.6) is 0 Å². The highest BCUT2D eigenvalue weighted by Gasteiger charge is 2.07. The van der Waals surface area contributed by atoms with E-state index in [0.29, 0.717) is 6.42 Å². The number of nitrogens with one attached hydrogen (secondary N) is 1. The average molecular weight is 187 g/mol. The number of hydrogen-bond donors (Lipinski definition) is 1. The molecular weight excluding hydrogens is 166 g/mol. The van der Waals surface area contributed by atoms with Gasteiger partial charge in [-0.3, -0.25) is 4.79 Å². The van der Waals surface area contributed by atoms with E-state index in [1.807, 2.05) is 33.1 Å². The van der Waals surface area contributed by atoms with Crippen molar-refractivity contribution in [1.29, 1.82) is 0 Å². The number of amides is 1. The second kappa shape index (κ2) is 6.86. The van der Waals surface area contributed by atoms with E-state index in [0.717, 1.165) is 19.6 Å². The van der Waals surface area contributed by atoms with E-state index in [1.165, 1.54) is 0 Å². The van der Waals surface area contributed by atoms with Gasteiger partial charge in [-0.15, -0.1) is 0 Å². The van der Waals surface area contributed by atoms with Gasteiger partial charge >= 0.3 is 0 Å². The SMILES string of the molecule is CNCCN(C)C(=O)CCN(C)C. The first-order chi connectivity index (χ1) is 6.07. The molecule has 0 aliphatic heterocycles. The molecule has 0 atom stereocenters. The summed E-state index contributed by atoms with van der Waals surface area (Å²) in [5.74, 6) is 0.212.